The summed E-state index contributed by atoms with van der Waals surface area (Å²) in [5, 5.41) is 3.51. The topological polar surface area (TPSA) is 38.0 Å². The van der Waals surface area contributed by atoms with E-state index in [1.54, 1.807) is 0 Å². The molecule has 1 saturated carbocycles. The van der Waals surface area contributed by atoms with Crippen molar-refractivity contribution in [1.29, 1.82) is 0 Å². The average Bonchev–Trinajstić information content (AvgIpc) is 2.02. The molecule has 0 aromatic heterocycles. The van der Waals surface area contributed by atoms with Crippen LogP contribution in [0.2, 0.25) is 0 Å². The Morgan fingerprint density at radius 3 is 2.21 bits per heavy atom. The van der Waals surface area contributed by atoms with E-state index in [0.717, 1.165) is 13.0 Å². The number of rotatable bonds is 3. The van der Waals surface area contributed by atoms with E-state index in [1.165, 1.54) is 32.1 Å². The number of nitrogens with one attached hydrogen (secondary N) is 1. The predicted molar refractivity (Wildman–Crippen MR) is 62.4 cm³/mol. The van der Waals surface area contributed by atoms with Crippen molar-refractivity contribution in [2.24, 2.45) is 5.73 Å². The molecule has 84 valence electrons. The van der Waals surface area contributed by atoms with Crippen LogP contribution in [0.3, 0.4) is 0 Å². The van der Waals surface area contributed by atoms with Gasteiger partial charge in [-0.2, -0.15) is 0 Å². The fourth-order valence-corrected chi connectivity index (χ4v) is 2.19. The van der Waals surface area contributed by atoms with Gasteiger partial charge < -0.3 is 11.1 Å². The van der Waals surface area contributed by atoms with Crippen LogP contribution in [0.25, 0.3) is 0 Å². The predicted octanol–water partition coefficient (Wildman–Crippen LogP) is 2.43. The van der Waals surface area contributed by atoms with Gasteiger partial charge in [-0.25, -0.2) is 0 Å². The van der Waals surface area contributed by atoms with Crippen molar-refractivity contribution < 1.29 is 0 Å². The Bertz CT molecular complexity index is 164. The molecule has 1 fully saturated rings. The first-order chi connectivity index (χ1) is 6.41. The van der Waals surface area contributed by atoms with Gasteiger partial charge in [-0.15, -0.1) is 0 Å². The maximum absolute atomic E-state index is 6.35. The summed E-state index contributed by atoms with van der Waals surface area (Å²) >= 11 is 0. The Balaban J connectivity index is 2.22. The summed E-state index contributed by atoms with van der Waals surface area (Å²) in [7, 11) is 0. The fraction of sp³-hybridized carbons (Fsp3) is 1.00. The van der Waals surface area contributed by atoms with Gasteiger partial charge in [-0.1, -0.05) is 19.3 Å². The molecule has 0 atom stereocenters. The lowest BCUT2D eigenvalue weighted by Crippen LogP contribution is -2.46. The van der Waals surface area contributed by atoms with E-state index in [-0.39, 0.29) is 11.1 Å². The molecule has 0 aromatic rings. The molecule has 0 unspecified atom stereocenters. The average molecular weight is 198 g/mol. The molecule has 3 N–H and O–H groups in total. The first-order valence-electron chi connectivity index (χ1n) is 5.95. The second-order valence-corrected chi connectivity index (χ2v) is 5.85. The molecule has 0 amide bonds. The summed E-state index contributed by atoms with van der Waals surface area (Å²) in [5.74, 6) is 0. The molecule has 0 heterocycles. The van der Waals surface area contributed by atoms with Crippen molar-refractivity contribution in [1.82, 2.24) is 5.32 Å². The zero-order valence-electron chi connectivity index (χ0n) is 10.0. The zero-order valence-corrected chi connectivity index (χ0v) is 10.0. The maximum atomic E-state index is 6.35. The summed E-state index contributed by atoms with van der Waals surface area (Å²) in [4.78, 5) is 0. The molecule has 0 aromatic carbocycles. The van der Waals surface area contributed by atoms with E-state index in [1.807, 2.05) is 0 Å². The van der Waals surface area contributed by atoms with Gasteiger partial charge in [0.25, 0.3) is 0 Å². The number of nitrogens with two attached hydrogens (primary N) is 1. The zero-order chi connectivity index (χ0) is 10.7. The molecule has 0 bridgehead atoms. The van der Waals surface area contributed by atoms with Crippen LogP contribution in [0, 0.1) is 0 Å². The number of hydrogen-bond acceptors (Lipinski definition) is 2. The molecule has 14 heavy (non-hydrogen) atoms. The van der Waals surface area contributed by atoms with Gasteiger partial charge >= 0.3 is 0 Å². The van der Waals surface area contributed by atoms with Gasteiger partial charge in [0, 0.05) is 11.1 Å². The lowest BCUT2D eigenvalue weighted by Gasteiger charge is -2.34. The third kappa shape index (κ3) is 4.43. The Labute approximate surface area is 88.6 Å². The van der Waals surface area contributed by atoms with Crippen molar-refractivity contribution in [3.63, 3.8) is 0 Å². The minimum atomic E-state index is 0.135. The summed E-state index contributed by atoms with van der Waals surface area (Å²) in [6.45, 7) is 7.67. The summed E-state index contributed by atoms with van der Waals surface area (Å²) in [6, 6.07) is 0. The van der Waals surface area contributed by atoms with E-state index in [4.69, 9.17) is 5.73 Å². The smallest absolute Gasteiger partial charge is 0.0166 e. The summed E-state index contributed by atoms with van der Waals surface area (Å²) in [5.41, 5.74) is 6.71. The standard InChI is InChI=1S/C12H26N2/c1-11(2,3)14-10-9-12(13)7-5-4-6-8-12/h14H,4-10,13H2,1-3H3. The second kappa shape index (κ2) is 4.63. The summed E-state index contributed by atoms with van der Waals surface area (Å²) < 4.78 is 0. The molecule has 1 rings (SSSR count). The van der Waals surface area contributed by atoms with Crippen molar-refractivity contribution in [2.75, 3.05) is 6.54 Å². The van der Waals surface area contributed by atoms with Gasteiger partial charge in [0.05, 0.1) is 0 Å². The lowest BCUT2D eigenvalue weighted by molar-refractivity contribution is 0.264. The molecular weight excluding hydrogens is 172 g/mol. The lowest BCUT2D eigenvalue weighted by atomic mass is 9.80. The van der Waals surface area contributed by atoms with Crippen LogP contribution in [-0.2, 0) is 0 Å². The van der Waals surface area contributed by atoms with E-state index in [0.29, 0.717) is 0 Å². The van der Waals surface area contributed by atoms with Crippen molar-refractivity contribution in [3.8, 4) is 0 Å². The SMILES string of the molecule is CC(C)(C)NCCC1(N)CCCCC1. The molecule has 1 aliphatic rings. The second-order valence-electron chi connectivity index (χ2n) is 5.85. The van der Waals surface area contributed by atoms with Gasteiger partial charge in [-0.3, -0.25) is 0 Å². The van der Waals surface area contributed by atoms with Crippen LogP contribution < -0.4 is 11.1 Å². The highest BCUT2D eigenvalue weighted by molar-refractivity contribution is 4.88. The van der Waals surface area contributed by atoms with Crippen molar-refractivity contribution >= 4 is 0 Å². The van der Waals surface area contributed by atoms with Crippen LogP contribution >= 0.6 is 0 Å². The number of hydrogen-bond donors (Lipinski definition) is 2. The minimum absolute atomic E-state index is 0.135. The Morgan fingerprint density at radius 2 is 1.71 bits per heavy atom. The molecular formula is C12H26N2. The normalized spacial score (nSPS) is 22.3. The molecule has 2 nitrogen and oxygen atoms in total. The monoisotopic (exact) mass is 198 g/mol. The summed E-state index contributed by atoms with van der Waals surface area (Å²) in [6.07, 6.45) is 7.60. The quantitative estimate of drug-likeness (QED) is 0.731. The third-order valence-corrected chi connectivity index (χ3v) is 3.13. The van der Waals surface area contributed by atoms with Crippen LogP contribution in [0.15, 0.2) is 0 Å². The van der Waals surface area contributed by atoms with Crippen LogP contribution in [0.4, 0.5) is 0 Å². The highest BCUT2D eigenvalue weighted by atomic mass is 14.9. The highest BCUT2D eigenvalue weighted by Crippen LogP contribution is 2.28. The van der Waals surface area contributed by atoms with Gasteiger partial charge in [-0.05, 0) is 46.6 Å². The van der Waals surface area contributed by atoms with Crippen molar-refractivity contribution in [3.05, 3.63) is 0 Å². The van der Waals surface area contributed by atoms with E-state index in [9.17, 15) is 0 Å². The fourth-order valence-electron chi connectivity index (χ4n) is 2.19. The Hall–Kier alpha value is -0.0800. The first-order valence-corrected chi connectivity index (χ1v) is 5.95. The molecule has 0 aliphatic heterocycles. The maximum Gasteiger partial charge on any atom is 0.0166 e. The molecule has 0 saturated heterocycles. The highest BCUT2D eigenvalue weighted by Gasteiger charge is 2.27. The Kier molecular flexibility index (Phi) is 3.96. The molecule has 2 heteroatoms. The van der Waals surface area contributed by atoms with Crippen LogP contribution in [-0.4, -0.2) is 17.6 Å². The van der Waals surface area contributed by atoms with Gasteiger partial charge in [0.15, 0.2) is 0 Å². The van der Waals surface area contributed by atoms with Crippen molar-refractivity contribution in [2.45, 2.75) is 70.4 Å². The van der Waals surface area contributed by atoms with E-state index < -0.39 is 0 Å². The molecule has 0 spiro atoms. The van der Waals surface area contributed by atoms with E-state index in [2.05, 4.69) is 26.1 Å². The van der Waals surface area contributed by atoms with Crippen LogP contribution in [0.1, 0.15) is 59.3 Å². The van der Waals surface area contributed by atoms with E-state index >= 15 is 0 Å². The third-order valence-electron chi connectivity index (χ3n) is 3.13. The Morgan fingerprint density at radius 1 is 1.14 bits per heavy atom. The largest absolute Gasteiger partial charge is 0.325 e. The molecule has 0 radical (unpaired) electrons. The van der Waals surface area contributed by atoms with Crippen LogP contribution in [0.5, 0.6) is 0 Å². The minimum Gasteiger partial charge on any atom is -0.325 e. The first kappa shape index (κ1) is 12.0. The van der Waals surface area contributed by atoms with Gasteiger partial charge in [0.1, 0.15) is 0 Å². The molecule has 1 aliphatic carbocycles. The van der Waals surface area contributed by atoms with Gasteiger partial charge in [0.2, 0.25) is 0 Å².